The molecule has 2 aromatic carbocycles. The molecule has 0 saturated carbocycles. The second kappa shape index (κ2) is 16.4. The Morgan fingerprint density at radius 1 is 0.976 bits per heavy atom. The Hall–Kier alpha value is -3.88. The minimum absolute atomic E-state index is 0.0228. The van der Waals surface area contributed by atoms with E-state index in [0.717, 1.165) is 30.4 Å². The number of hydrogen-bond acceptors (Lipinski definition) is 5. The molecule has 0 heterocycles. The highest BCUT2D eigenvalue weighted by atomic mass is 16.6. The average Bonchev–Trinajstić information content (AvgIpc) is 2.90. The van der Waals surface area contributed by atoms with Gasteiger partial charge in [0, 0.05) is 19.5 Å². The quantitative estimate of drug-likeness (QED) is 0.263. The highest BCUT2D eigenvalue weighted by molar-refractivity contribution is 5.92. The van der Waals surface area contributed by atoms with Crippen molar-refractivity contribution in [1.29, 1.82) is 0 Å². The minimum atomic E-state index is -1.11. The third kappa shape index (κ3) is 12.0. The molecule has 9 heteroatoms. The lowest BCUT2D eigenvalue weighted by Gasteiger charge is -2.34. The molecule has 0 aliphatic heterocycles. The molecule has 2 rings (SSSR count). The molecular weight excluding hydrogens is 520 g/mol. The molecule has 2 unspecified atom stereocenters. The molecule has 0 bridgehead atoms. The van der Waals surface area contributed by atoms with E-state index in [1.165, 1.54) is 4.90 Å². The summed E-state index contributed by atoms with van der Waals surface area (Å²) >= 11 is 0. The van der Waals surface area contributed by atoms with E-state index in [0.29, 0.717) is 25.1 Å². The van der Waals surface area contributed by atoms with Gasteiger partial charge < -0.3 is 26.0 Å². The summed E-state index contributed by atoms with van der Waals surface area (Å²) < 4.78 is 5.40. The number of nitrogens with two attached hydrogens (primary N) is 1. The summed E-state index contributed by atoms with van der Waals surface area (Å²) in [5.74, 6) is -1.41. The predicted octanol–water partition coefficient (Wildman–Crippen LogP) is 4.92. The van der Waals surface area contributed by atoms with E-state index in [9.17, 15) is 19.2 Å². The Kier molecular flexibility index (Phi) is 13.3. The molecule has 4 N–H and O–H groups in total. The monoisotopic (exact) mass is 566 g/mol. The first-order valence-corrected chi connectivity index (χ1v) is 14.4. The maximum atomic E-state index is 14.2. The van der Waals surface area contributed by atoms with Gasteiger partial charge in [0.25, 0.3) is 0 Å². The summed E-state index contributed by atoms with van der Waals surface area (Å²) in [6.45, 7) is 9.77. The van der Waals surface area contributed by atoms with Crippen molar-refractivity contribution in [2.75, 3.05) is 6.54 Å². The van der Waals surface area contributed by atoms with Gasteiger partial charge in [0.15, 0.2) is 0 Å². The SMILES string of the molecule is CCCCCCN(C(=O)C(CCC(N)=O)NC(=O)OC(C)(C)C)C(C(=O)NCc1ccccc1)c1cccc(C)c1. The van der Waals surface area contributed by atoms with E-state index in [1.807, 2.05) is 61.5 Å². The maximum Gasteiger partial charge on any atom is 0.408 e. The zero-order chi connectivity index (χ0) is 30.4. The van der Waals surface area contributed by atoms with E-state index in [1.54, 1.807) is 20.8 Å². The highest BCUT2D eigenvalue weighted by Crippen LogP contribution is 2.25. The lowest BCUT2D eigenvalue weighted by molar-refractivity contribution is -0.143. The molecule has 224 valence electrons. The number of benzene rings is 2. The van der Waals surface area contributed by atoms with Crippen LogP contribution < -0.4 is 16.4 Å². The number of carbonyl (C=O) groups excluding carboxylic acids is 4. The number of hydrogen-bond donors (Lipinski definition) is 3. The van der Waals surface area contributed by atoms with Crippen molar-refractivity contribution in [2.24, 2.45) is 5.73 Å². The third-order valence-corrected chi connectivity index (χ3v) is 6.43. The van der Waals surface area contributed by atoms with Crippen LogP contribution >= 0.6 is 0 Å². The van der Waals surface area contributed by atoms with Gasteiger partial charge in [-0.3, -0.25) is 14.4 Å². The number of nitrogens with zero attached hydrogens (tertiary/aromatic N) is 1. The number of unbranched alkanes of at least 4 members (excludes halogenated alkanes) is 3. The van der Waals surface area contributed by atoms with Crippen LogP contribution in [-0.2, 0) is 25.7 Å². The topological polar surface area (TPSA) is 131 Å². The molecule has 0 fully saturated rings. The molecule has 0 aliphatic rings. The fourth-order valence-electron chi connectivity index (χ4n) is 4.46. The number of alkyl carbamates (subject to hydrolysis) is 1. The predicted molar refractivity (Wildman–Crippen MR) is 160 cm³/mol. The van der Waals surface area contributed by atoms with Gasteiger partial charge in [0.2, 0.25) is 17.7 Å². The van der Waals surface area contributed by atoms with Crippen molar-refractivity contribution in [3.63, 3.8) is 0 Å². The molecule has 9 nitrogen and oxygen atoms in total. The molecule has 2 atom stereocenters. The molecule has 0 aliphatic carbocycles. The van der Waals surface area contributed by atoms with Crippen molar-refractivity contribution >= 4 is 23.8 Å². The van der Waals surface area contributed by atoms with Gasteiger partial charge in [-0.25, -0.2) is 4.79 Å². The lowest BCUT2D eigenvalue weighted by Crippen LogP contribution is -2.53. The summed E-state index contributed by atoms with van der Waals surface area (Å²) in [5, 5.41) is 5.63. The average molecular weight is 567 g/mol. The highest BCUT2D eigenvalue weighted by Gasteiger charge is 2.36. The van der Waals surface area contributed by atoms with Crippen LogP contribution in [0.3, 0.4) is 0 Å². The van der Waals surface area contributed by atoms with Crippen LogP contribution in [0.2, 0.25) is 0 Å². The van der Waals surface area contributed by atoms with Gasteiger partial charge in [0.1, 0.15) is 17.7 Å². The summed E-state index contributed by atoms with van der Waals surface area (Å²) in [6, 6.07) is 15.0. The normalized spacial score (nSPS) is 12.6. The number of ether oxygens (including phenoxy) is 1. The minimum Gasteiger partial charge on any atom is -0.444 e. The Labute approximate surface area is 244 Å². The summed E-state index contributed by atoms with van der Waals surface area (Å²) in [7, 11) is 0. The van der Waals surface area contributed by atoms with Gasteiger partial charge in [-0.2, -0.15) is 0 Å². The number of rotatable bonds is 15. The standard InChI is InChI=1S/C32H46N4O5/c1-6-7-8-12-20-36(30(39)26(18-19-27(33)37)35-31(40)41-32(3,4)5)28(25-17-13-14-23(2)21-25)29(38)34-22-24-15-10-9-11-16-24/h9-11,13-17,21,26,28H,6-8,12,18-20,22H2,1-5H3,(H2,33,37)(H,34,38)(H,35,40). The van der Waals surface area contributed by atoms with Gasteiger partial charge in [-0.15, -0.1) is 0 Å². The van der Waals surface area contributed by atoms with Crippen LogP contribution in [0.15, 0.2) is 54.6 Å². The first-order chi connectivity index (χ1) is 19.4. The number of amides is 4. The van der Waals surface area contributed by atoms with Gasteiger partial charge in [-0.05, 0) is 51.7 Å². The largest absolute Gasteiger partial charge is 0.444 e. The summed E-state index contributed by atoms with van der Waals surface area (Å²) in [6.07, 6.45) is 2.61. The van der Waals surface area contributed by atoms with Crippen LogP contribution in [0.1, 0.15) is 89.0 Å². The fraction of sp³-hybridized carbons (Fsp3) is 0.500. The van der Waals surface area contributed by atoms with Crippen LogP contribution in [0.5, 0.6) is 0 Å². The van der Waals surface area contributed by atoms with Gasteiger partial charge >= 0.3 is 6.09 Å². The third-order valence-electron chi connectivity index (χ3n) is 6.43. The van der Waals surface area contributed by atoms with Gasteiger partial charge in [0.05, 0.1) is 0 Å². The second-order valence-electron chi connectivity index (χ2n) is 11.3. The number of nitrogens with one attached hydrogen (secondary N) is 2. The first-order valence-electron chi connectivity index (χ1n) is 14.4. The Bertz CT molecular complexity index is 1150. The van der Waals surface area contributed by atoms with Crippen molar-refractivity contribution in [1.82, 2.24) is 15.5 Å². The molecule has 4 amide bonds. The van der Waals surface area contributed by atoms with E-state index < -0.39 is 35.6 Å². The fourth-order valence-corrected chi connectivity index (χ4v) is 4.46. The zero-order valence-electron chi connectivity index (χ0n) is 25.1. The smallest absolute Gasteiger partial charge is 0.408 e. The number of primary amides is 1. The van der Waals surface area contributed by atoms with Crippen molar-refractivity contribution in [3.05, 3.63) is 71.3 Å². The Balaban J connectivity index is 2.48. The molecule has 0 radical (unpaired) electrons. The van der Waals surface area contributed by atoms with Crippen LogP contribution in [0.25, 0.3) is 0 Å². The van der Waals surface area contributed by atoms with Gasteiger partial charge in [-0.1, -0.05) is 86.3 Å². The van der Waals surface area contributed by atoms with E-state index >= 15 is 0 Å². The Morgan fingerprint density at radius 2 is 1.68 bits per heavy atom. The first kappa shape index (κ1) is 33.3. The summed E-state index contributed by atoms with van der Waals surface area (Å²) in [4.78, 5) is 54.0. The van der Waals surface area contributed by atoms with E-state index in [2.05, 4.69) is 17.6 Å². The molecule has 2 aromatic rings. The molecule has 0 saturated heterocycles. The van der Waals surface area contributed by atoms with Crippen molar-refractivity contribution < 1.29 is 23.9 Å². The zero-order valence-corrected chi connectivity index (χ0v) is 25.1. The second-order valence-corrected chi connectivity index (χ2v) is 11.3. The van der Waals surface area contributed by atoms with Crippen LogP contribution in [-0.4, -0.2) is 46.9 Å². The number of aryl methyl sites for hydroxylation is 1. The summed E-state index contributed by atoms with van der Waals surface area (Å²) in [5.41, 5.74) is 7.14. The molecule has 0 spiro atoms. The molecular formula is C32H46N4O5. The molecule has 41 heavy (non-hydrogen) atoms. The van der Waals surface area contributed by atoms with Crippen molar-refractivity contribution in [3.8, 4) is 0 Å². The lowest BCUT2D eigenvalue weighted by atomic mass is 9.99. The Morgan fingerprint density at radius 3 is 2.29 bits per heavy atom. The van der Waals surface area contributed by atoms with Crippen molar-refractivity contribution in [2.45, 2.75) is 97.4 Å². The van der Waals surface area contributed by atoms with E-state index in [-0.39, 0.29) is 18.7 Å². The maximum absolute atomic E-state index is 14.2. The number of carbonyl (C=O) groups is 4. The van der Waals surface area contributed by atoms with E-state index in [4.69, 9.17) is 10.5 Å². The van der Waals surface area contributed by atoms with Crippen LogP contribution in [0, 0.1) is 6.92 Å². The molecule has 0 aromatic heterocycles. The van der Waals surface area contributed by atoms with Crippen LogP contribution in [0.4, 0.5) is 4.79 Å².